The van der Waals surface area contributed by atoms with Crippen molar-refractivity contribution in [2.75, 3.05) is 0 Å². The Balaban J connectivity index is 2.11. The molecule has 0 saturated heterocycles. The van der Waals surface area contributed by atoms with Gasteiger partial charge in [0.2, 0.25) is 0 Å². The van der Waals surface area contributed by atoms with E-state index in [1.165, 1.54) is 31.4 Å². The first-order valence-electron chi connectivity index (χ1n) is 5.53. The molecular formula is C12H19N. The zero-order valence-corrected chi connectivity index (χ0v) is 8.66. The van der Waals surface area contributed by atoms with Gasteiger partial charge in [-0.05, 0) is 30.8 Å². The Hall–Kier alpha value is -0.590. The third-order valence-corrected chi connectivity index (χ3v) is 3.20. The van der Waals surface area contributed by atoms with E-state index in [-0.39, 0.29) is 0 Å². The van der Waals surface area contributed by atoms with Crippen molar-refractivity contribution in [3.05, 3.63) is 12.2 Å². The van der Waals surface area contributed by atoms with E-state index in [4.69, 9.17) is 4.99 Å². The van der Waals surface area contributed by atoms with Crippen molar-refractivity contribution in [1.29, 1.82) is 0 Å². The van der Waals surface area contributed by atoms with Crippen LogP contribution < -0.4 is 0 Å². The number of hydrogen-bond acceptors (Lipinski definition) is 1. The first-order valence-corrected chi connectivity index (χ1v) is 5.53. The normalized spacial score (nSPS) is 33.0. The summed E-state index contributed by atoms with van der Waals surface area (Å²) in [5.74, 6) is 1.36. The molecule has 1 heterocycles. The van der Waals surface area contributed by atoms with E-state index < -0.39 is 0 Å². The summed E-state index contributed by atoms with van der Waals surface area (Å²) in [6.45, 7) is 4.46. The number of dihydropyridines is 1. The van der Waals surface area contributed by atoms with E-state index in [1.807, 2.05) is 0 Å². The molecule has 0 spiro atoms. The molecule has 0 aromatic rings. The van der Waals surface area contributed by atoms with Gasteiger partial charge in [0.25, 0.3) is 0 Å². The maximum atomic E-state index is 4.83. The van der Waals surface area contributed by atoms with Gasteiger partial charge in [0.05, 0.1) is 6.04 Å². The smallest absolute Gasteiger partial charge is 0.0565 e. The van der Waals surface area contributed by atoms with Crippen LogP contribution in [0.15, 0.2) is 17.1 Å². The minimum absolute atomic E-state index is 0.596. The van der Waals surface area contributed by atoms with Crippen molar-refractivity contribution < 1.29 is 0 Å². The zero-order chi connectivity index (χ0) is 9.26. The molecule has 0 aromatic carbocycles. The van der Waals surface area contributed by atoms with Crippen LogP contribution in [-0.2, 0) is 0 Å². The summed E-state index contributed by atoms with van der Waals surface area (Å²) in [4.78, 5) is 4.83. The van der Waals surface area contributed by atoms with E-state index in [1.54, 1.807) is 0 Å². The maximum absolute atomic E-state index is 4.83. The molecule has 1 aliphatic heterocycles. The molecule has 0 amide bonds. The highest BCUT2D eigenvalue weighted by Gasteiger charge is 2.25. The van der Waals surface area contributed by atoms with Crippen molar-refractivity contribution in [1.82, 2.24) is 0 Å². The second kappa shape index (κ2) is 3.65. The summed E-state index contributed by atoms with van der Waals surface area (Å²) in [5.41, 5.74) is 1.31. The highest BCUT2D eigenvalue weighted by molar-refractivity contribution is 5.97. The predicted molar refractivity (Wildman–Crippen MR) is 57.2 cm³/mol. The molecule has 1 nitrogen and oxygen atoms in total. The first-order chi connectivity index (χ1) is 6.27. The molecule has 1 heteroatoms. The number of fused-ring (bicyclic) bond motifs is 1. The average molecular weight is 177 g/mol. The fraction of sp³-hybridized carbons (Fsp3) is 0.750. The van der Waals surface area contributed by atoms with Crippen LogP contribution in [0.3, 0.4) is 0 Å². The molecule has 0 aromatic heterocycles. The monoisotopic (exact) mass is 177 g/mol. The van der Waals surface area contributed by atoms with Crippen molar-refractivity contribution in [2.24, 2.45) is 16.8 Å². The number of rotatable bonds is 1. The van der Waals surface area contributed by atoms with Crippen molar-refractivity contribution >= 4 is 5.71 Å². The van der Waals surface area contributed by atoms with Gasteiger partial charge >= 0.3 is 0 Å². The van der Waals surface area contributed by atoms with Crippen molar-refractivity contribution in [2.45, 2.75) is 45.6 Å². The standard InChI is InChI=1S/C12H19N/c1-9(2)11-8-7-10-5-3-4-6-12(10)13-11/h7-10,12H,3-6H2,1-2H3. The van der Waals surface area contributed by atoms with Crippen molar-refractivity contribution in [3.63, 3.8) is 0 Å². The summed E-state index contributed by atoms with van der Waals surface area (Å²) in [6, 6.07) is 0.621. The number of allylic oxidation sites excluding steroid dienone is 1. The van der Waals surface area contributed by atoms with Crippen molar-refractivity contribution in [3.8, 4) is 0 Å². The van der Waals surface area contributed by atoms with E-state index in [9.17, 15) is 0 Å². The third-order valence-electron chi connectivity index (χ3n) is 3.20. The highest BCUT2D eigenvalue weighted by Crippen LogP contribution is 2.30. The second-order valence-electron chi connectivity index (χ2n) is 4.58. The quantitative estimate of drug-likeness (QED) is 0.583. The van der Waals surface area contributed by atoms with Gasteiger partial charge < -0.3 is 0 Å². The molecule has 13 heavy (non-hydrogen) atoms. The highest BCUT2D eigenvalue weighted by atomic mass is 14.8. The van der Waals surface area contributed by atoms with Crippen LogP contribution in [0.5, 0.6) is 0 Å². The summed E-state index contributed by atoms with van der Waals surface area (Å²) in [7, 11) is 0. The molecule has 0 bridgehead atoms. The van der Waals surface area contributed by atoms with Crippen LogP contribution in [0.4, 0.5) is 0 Å². The fourth-order valence-corrected chi connectivity index (χ4v) is 2.32. The number of aliphatic imine (C=N–C) groups is 1. The van der Waals surface area contributed by atoms with Crippen LogP contribution >= 0.6 is 0 Å². The molecule has 72 valence electrons. The molecule has 2 unspecified atom stereocenters. The topological polar surface area (TPSA) is 12.4 Å². The average Bonchev–Trinajstić information content (AvgIpc) is 2.17. The van der Waals surface area contributed by atoms with Crippen LogP contribution in [0.25, 0.3) is 0 Å². The lowest BCUT2D eigenvalue weighted by Crippen LogP contribution is -2.27. The fourth-order valence-electron chi connectivity index (χ4n) is 2.32. The largest absolute Gasteiger partial charge is 0.286 e. The Morgan fingerprint density at radius 3 is 2.85 bits per heavy atom. The minimum atomic E-state index is 0.596. The number of nitrogens with zero attached hydrogens (tertiary/aromatic N) is 1. The maximum Gasteiger partial charge on any atom is 0.0565 e. The SMILES string of the molecule is CC(C)C1=NC2CCCCC2C=C1. The Morgan fingerprint density at radius 1 is 1.31 bits per heavy atom. The van der Waals surface area contributed by atoms with Gasteiger partial charge in [0, 0.05) is 5.71 Å². The summed E-state index contributed by atoms with van der Waals surface area (Å²) in [5, 5.41) is 0. The van der Waals surface area contributed by atoms with Gasteiger partial charge in [-0.2, -0.15) is 0 Å². The van der Waals surface area contributed by atoms with E-state index >= 15 is 0 Å². The molecule has 2 aliphatic rings. The predicted octanol–water partition coefficient (Wildman–Crippen LogP) is 3.21. The van der Waals surface area contributed by atoms with Crippen LogP contribution in [0, 0.1) is 11.8 Å². The second-order valence-corrected chi connectivity index (χ2v) is 4.58. The molecule has 1 fully saturated rings. The molecule has 0 N–H and O–H groups in total. The lowest BCUT2D eigenvalue weighted by molar-refractivity contribution is 0.360. The lowest BCUT2D eigenvalue weighted by Gasteiger charge is -2.30. The lowest BCUT2D eigenvalue weighted by atomic mass is 9.82. The Bertz CT molecular complexity index is 238. The van der Waals surface area contributed by atoms with E-state index in [0.717, 1.165) is 5.92 Å². The van der Waals surface area contributed by atoms with Gasteiger partial charge in [0.1, 0.15) is 0 Å². The molecule has 1 saturated carbocycles. The van der Waals surface area contributed by atoms with E-state index in [0.29, 0.717) is 12.0 Å². The number of hydrogen-bond donors (Lipinski definition) is 0. The minimum Gasteiger partial charge on any atom is -0.286 e. The molecule has 2 atom stereocenters. The van der Waals surface area contributed by atoms with Gasteiger partial charge in [0.15, 0.2) is 0 Å². The van der Waals surface area contributed by atoms with E-state index in [2.05, 4.69) is 26.0 Å². The Morgan fingerprint density at radius 2 is 2.08 bits per heavy atom. The summed E-state index contributed by atoms with van der Waals surface area (Å²) < 4.78 is 0. The van der Waals surface area contributed by atoms with Gasteiger partial charge in [-0.15, -0.1) is 0 Å². The first kappa shape index (κ1) is 8.98. The Labute approximate surface area is 80.9 Å². The summed E-state index contributed by atoms with van der Waals surface area (Å²) in [6.07, 6.45) is 10.1. The van der Waals surface area contributed by atoms with Crippen LogP contribution in [0.1, 0.15) is 39.5 Å². The van der Waals surface area contributed by atoms with Crippen LogP contribution in [0.2, 0.25) is 0 Å². The summed E-state index contributed by atoms with van der Waals surface area (Å²) >= 11 is 0. The van der Waals surface area contributed by atoms with Gasteiger partial charge in [-0.25, -0.2) is 0 Å². The zero-order valence-electron chi connectivity index (χ0n) is 8.66. The third kappa shape index (κ3) is 1.84. The molecular weight excluding hydrogens is 158 g/mol. The Kier molecular flexibility index (Phi) is 2.52. The van der Waals surface area contributed by atoms with Gasteiger partial charge in [-0.3, -0.25) is 4.99 Å². The molecule has 2 rings (SSSR count). The molecule has 0 radical (unpaired) electrons. The van der Waals surface area contributed by atoms with Crippen LogP contribution in [-0.4, -0.2) is 11.8 Å². The van der Waals surface area contributed by atoms with Gasteiger partial charge in [-0.1, -0.05) is 32.8 Å². The molecule has 1 aliphatic carbocycles.